The van der Waals surface area contributed by atoms with Gasteiger partial charge in [-0.2, -0.15) is 0 Å². The number of hydrogen-bond donors (Lipinski definition) is 1. The lowest BCUT2D eigenvalue weighted by atomic mass is 9.97. The van der Waals surface area contributed by atoms with Gasteiger partial charge in [0.15, 0.2) is 0 Å². The Morgan fingerprint density at radius 3 is 3.00 bits per heavy atom. The third-order valence-corrected chi connectivity index (χ3v) is 4.39. The van der Waals surface area contributed by atoms with Crippen molar-refractivity contribution in [3.63, 3.8) is 0 Å². The number of pyridine rings is 1. The van der Waals surface area contributed by atoms with Crippen LogP contribution in [0.3, 0.4) is 0 Å². The van der Waals surface area contributed by atoms with Crippen molar-refractivity contribution in [3.8, 4) is 0 Å². The molecule has 1 aromatic heterocycles. The first-order valence-corrected chi connectivity index (χ1v) is 7.49. The second-order valence-corrected chi connectivity index (χ2v) is 5.65. The molecule has 106 valence electrons. The fraction of sp³-hybridized carbons (Fsp3) is 0.471. The van der Waals surface area contributed by atoms with Gasteiger partial charge in [0.1, 0.15) is 0 Å². The predicted molar refractivity (Wildman–Crippen MR) is 81.7 cm³/mol. The van der Waals surface area contributed by atoms with E-state index in [9.17, 15) is 5.11 Å². The summed E-state index contributed by atoms with van der Waals surface area (Å²) < 4.78 is 0. The summed E-state index contributed by atoms with van der Waals surface area (Å²) >= 11 is 0. The van der Waals surface area contributed by atoms with Gasteiger partial charge in [-0.25, -0.2) is 0 Å². The maximum absolute atomic E-state index is 10.8. The highest BCUT2D eigenvalue weighted by molar-refractivity contribution is 5.82. The molecule has 2 atom stereocenters. The lowest BCUT2D eigenvalue weighted by Gasteiger charge is -2.28. The molecule has 2 unspecified atom stereocenters. The summed E-state index contributed by atoms with van der Waals surface area (Å²) in [6, 6.07) is 10.4. The third kappa shape index (κ3) is 2.32. The van der Waals surface area contributed by atoms with Crippen molar-refractivity contribution >= 4 is 10.9 Å². The zero-order valence-corrected chi connectivity index (χ0v) is 12.2. The summed E-state index contributed by atoms with van der Waals surface area (Å²) in [6.07, 6.45) is 1.79. The van der Waals surface area contributed by atoms with E-state index in [1.807, 2.05) is 25.1 Å². The molecule has 1 saturated heterocycles. The van der Waals surface area contributed by atoms with E-state index in [2.05, 4.69) is 28.9 Å². The molecule has 0 radical (unpaired) electrons. The molecule has 2 aromatic rings. The minimum Gasteiger partial charge on any atom is -0.387 e. The van der Waals surface area contributed by atoms with Crippen LogP contribution >= 0.6 is 0 Å². The van der Waals surface area contributed by atoms with Crippen LogP contribution in [0.2, 0.25) is 0 Å². The first kappa shape index (κ1) is 13.5. The van der Waals surface area contributed by atoms with Crippen molar-refractivity contribution in [1.29, 1.82) is 0 Å². The Morgan fingerprint density at radius 1 is 1.35 bits per heavy atom. The van der Waals surface area contributed by atoms with Crippen LogP contribution in [0.25, 0.3) is 10.9 Å². The number of aliphatic hydroxyl groups is 1. The molecule has 1 fully saturated rings. The van der Waals surface area contributed by atoms with Gasteiger partial charge >= 0.3 is 0 Å². The van der Waals surface area contributed by atoms with Crippen molar-refractivity contribution < 1.29 is 5.11 Å². The van der Waals surface area contributed by atoms with Gasteiger partial charge in [-0.05, 0) is 38.9 Å². The van der Waals surface area contributed by atoms with Gasteiger partial charge in [-0.15, -0.1) is 0 Å². The summed E-state index contributed by atoms with van der Waals surface area (Å²) in [5.41, 5.74) is 2.91. The maximum atomic E-state index is 10.8. The first-order valence-electron chi connectivity index (χ1n) is 7.49. The van der Waals surface area contributed by atoms with Gasteiger partial charge in [-0.1, -0.05) is 31.2 Å². The highest BCUT2D eigenvalue weighted by atomic mass is 16.3. The van der Waals surface area contributed by atoms with Crippen LogP contribution in [0.5, 0.6) is 0 Å². The molecule has 0 spiro atoms. The van der Waals surface area contributed by atoms with Gasteiger partial charge < -0.3 is 5.11 Å². The monoisotopic (exact) mass is 270 g/mol. The highest BCUT2D eigenvalue weighted by Gasteiger charge is 2.31. The molecule has 1 aliphatic heterocycles. The number of hydrogen-bond acceptors (Lipinski definition) is 3. The van der Waals surface area contributed by atoms with Crippen LogP contribution in [0.1, 0.15) is 37.1 Å². The largest absolute Gasteiger partial charge is 0.387 e. The second-order valence-electron chi connectivity index (χ2n) is 5.65. The lowest BCUT2D eigenvalue weighted by molar-refractivity contribution is 0.0764. The van der Waals surface area contributed by atoms with Gasteiger partial charge in [-0.3, -0.25) is 9.88 Å². The molecule has 3 heteroatoms. The van der Waals surface area contributed by atoms with Crippen molar-refractivity contribution in [1.82, 2.24) is 9.88 Å². The first-order chi connectivity index (χ1) is 9.70. The number of aryl methyl sites for hydroxylation is 1. The van der Waals surface area contributed by atoms with E-state index in [1.165, 1.54) is 6.42 Å². The minimum atomic E-state index is -0.449. The standard InChI is InChI=1S/C17H22N2O/c1-3-19-11-5-8-15(19)17(20)14-7-4-6-13-10-9-12(2)18-16(13)14/h4,6-7,9-10,15,17,20H,3,5,8,11H2,1-2H3. The number of likely N-dealkylation sites (tertiary alicyclic amines) is 1. The van der Waals surface area contributed by atoms with Crippen molar-refractivity contribution in [2.45, 2.75) is 38.8 Å². The predicted octanol–water partition coefficient (Wildman–Crippen LogP) is 3.06. The Kier molecular flexibility index (Phi) is 3.72. The van der Waals surface area contributed by atoms with Crippen LogP contribution in [-0.2, 0) is 0 Å². The van der Waals surface area contributed by atoms with Gasteiger partial charge in [0.05, 0.1) is 11.6 Å². The normalized spacial score (nSPS) is 21.4. The van der Waals surface area contributed by atoms with Crippen molar-refractivity contribution in [3.05, 3.63) is 41.6 Å². The van der Waals surface area contributed by atoms with Crippen LogP contribution in [-0.4, -0.2) is 34.1 Å². The van der Waals surface area contributed by atoms with E-state index >= 15 is 0 Å². The SMILES string of the molecule is CCN1CCCC1C(O)c1cccc2ccc(C)nc12. The molecule has 3 rings (SSSR count). The Morgan fingerprint density at radius 2 is 2.20 bits per heavy atom. The van der Waals surface area contributed by atoms with Crippen LogP contribution < -0.4 is 0 Å². The fourth-order valence-electron chi connectivity index (χ4n) is 3.32. The number of likely N-dealkylation sites (N-methyl/N-ethyl adjacent to an activating group) is 1. The Balaban J connectivity index is 2.03. The second kappa shape index (κ2) is 5.51. The molecule has 1 aromatic carbocycles. The number of para-hydroxylation sites is 1. The van der Waals surface area contributed by atoms with Gasteiger partial charge in [0, 0.05) is 22.7 Å². The third-order valence-electron chi connectivity index (χ3n) is 4.39. The smallest absolute Gasteiger partial charge is 0.0966 e. The number of fused-ring (bicyclic) bond motifs is 1. The van der Waals surface area contributed by atoms with E-state index in [4.69, 9.17) is 0 Å². The molecule has 0 saturated carbocycles. The molecule has 2 heterocycles. The summed E-state index contributed by atoms with van der Waals surface area (Å²) in [5, 5.41) is 11.9. The van der Waals surface area contributed by atoms with Crippen molar-refractivity contribution in [2.75, 3.05) is 13.1 Å². The molecular formula is C17H22N2O. The number of rotatable bonds is 3. The number of aliphatic hydroxyl groups excluding tert-OH is 1. The molecule has 0 aliphatic carbocycles. The number of aromatic nitrogens is 1. The van der Waals surface area contributed by atoms with Crippen molar-refractivity contribution in [2.24, 2.45) is 0 Å². The summed E-state index contributed by atoms with van der Waals surface area (Å²) in [5.74, 6) is 0. The molecule has 0 amide bonds. The zero-order valence-electron chi connectivity index (χ0n) is 12.2. The van der Waals surface area contributed by atoms with E-state index in [0.29, 0.717) is 0 Å². The number of benzene rings is 1. The molecule has 1 aliphatic rings. The average molecular weight is 270 g/mol. The molecule has 0 bridgehead atoms. The highest BCUT2D eigenvalue weighted by Crippen LogP contribution is 2.32. The number of nitrogens with zero attached hydrogens (tertiary/aromatic N) is 2. The molecular weight excluding hydrogens is 248 g/mol. The minimum absolute atomic E-state index is 0.230. The maximum Gasteiger partial charge on any atom is 0.0966 e. The van der Waals surface area contributed by atoms with E-state index < -0.39 is 6.10 Å². The van der Waals surface area contributed by atoms with Gasteiger partial charge in [0.25, 0.3) is 0 Å². The van der Waals surface area contributed by atoms with Crippen LogP contribution in [0.15, 0.2) is 30.3 Å². The summed E-state index contributed by atoms with van der Waals surface area (Å²) in [4.78, 5) is 7.01. The van der Waals surface area contributed by atoms with E-state index in [1.54, 1.807) is 0 Å². The zero-order chi connectivity index (χ0) is 14.1. The van der Waals surface area contributed by atoms with Crippen LogP contribution in [0.4, 0.5) is 0 Å². The van der Waals surface area contributed by atoms with Gasteiger partial charge in [0.2, 0.25) is 0 Å². The molecule has 20 heavy (non-hydrogen) atoms. The topological polar surface area (TPSA) is 36.4 Å². The Labute approximate surface area is 120 Å². The van der Waals surface area contributed by atoms with Crippen LogP contribution in [0, 0.1) is 6.92 Å². The fourth-order valence-corrected chi connectivity index (χ4v) is 3.32. The average Bonchev–Trinajstić information content (AvgIpc) is 2.94. The summed E-state index contributed by atoms with van der Waals surface area (Å²) in [6.45, 7) is 6.25. The summed E-state index contributed by atoms with van der Waals surface area (Å²) in [7, 11) is 0. The molecule has 3 nitrogen and oxygen atoms in total. The quantitative estimate of drug-likeness (QED) is 0.931. The Hall–Kier alpha value is -1.45. The lowest BCUT2D eigenvalue weighted by Crippen LogP contribution is -2.34. The van der Waals surface area contributed by atoms with E-state index in [-0.39, 0.29) is 6.04 Å². The van der Waals surface area contributed by atoms with E-state index in [0.717, 1.165) is 41.7 Å². The molecule has 1 N–H and O–H groups in total. The Bertz CT molecular complexity index is 611.